The average Bonchev–Trinajstić information content (AvgIpc) is 2.39. The number of carbonyl (C=O) groups is 1. The van der Waals surface area contributed by atoms with Crippen LogP contribution in [0.15, 0.2) is 24.5 Å². The number of aromatic nitrogens is 1. The molecule has 2 heterocycles. The van der Waals surface area contributed by atoms with Gasteiger partial charge in [-0.1, -0.05) is 13.0 Å². The second kappa shape index (κ2) is 7.46. The lowest BCUT2D eigenvalue weighted by Gasteiger charge is -2.34. The molecule has 1 fully saturated rings. The molecule has 1 aliphatic rings. The molecule has 1 atom stereocenters. The molecule has 1 amide bonds. The van der Waals surface area contributed by atoms with Crippen LogP contribution in [0.4, 0.5) is 0 Å². The van der Waals surface area contributed by atoms with Gasteiger partial charge in [-0.05, 0) is 36.4 Å². The smallest absolute Gasteiger partial charge is 0.224 e. The number of carbonyl (C=O) groups excluding carboxylic acids is 1. The number of rotatable bonds is 4. The first-order valence-corrected chi connectivity index (χ1v) is 6.54. The minimum absolute atomic E-state index is 0. The molecule has 1 saturated heterocycles. The Morgan fingerprint density at radius 2 is 2.42 bits per heavy atom. The van der Waals surface area contributed by atoms with Crippen LogP contribution in [-0.2, 0) is 11.2 Å². The molecule has 106 valence electrons. The molecule has 0 spiro atoms. The third kappa shape index (κ3) is 5.17. The maximum Gasteiger partial charge on any atom is 0.224 e. The molecule has 0 aromatic carbocycles. The normalized spacial score (nSPS) is 22.4. The van der Waals surface area contributed by atoms with E-state index in [9.17, 15) is 4.79 Å². The number of pyridine rings is 1. The van der Waals surface area contributed by atoms with Crippen LogP contribution in [-0.4, -0.2) is 30.5 Å². The molecule has 5 heteroatoms. The zero-order valence-electron chi connectivity index (χ0n) is 11.3. The summed E-state index contributed by atoms with van der Waals surface area (Å²) in [7, 11) is 0. The highest BCUT2D eigenvalue weighted by molar-refractivity contribution is 5.85. The van der Waals surface area contributed by atoms with Crippen LogP contribution >= 0.6 is 12.4 Å². The van der Waals surface area contributed by atoms with E-state index in [1.54, 1.807) is 12.4 Å². The van der Waals surface area contributed by atoms with Crippen LogP contribution in [0.3, 0.4) is 0 Å². The summed E-state index contributed by atoms with van der Waals surface area (Å²) in [5, 5.41) is 6.42. The molecule has 0 bridgehead atoms. The summed E-state index contributed by atoms with van der Waals surface area (Å²) in [6.07, 6.45) is 6.24. The van der Waals surface area contributed by atoms with E-state index in [0.29, 0.717) is 6.42 Å². The van der Waals surface area contributed by atoms with Crippen molar-refractivity contribution in [3.63, 3.8) is 0 Å². The number of halogens is 1. The fourth-order valence-corrected chi connectivity index (χ4v) is 2.33. The molecule has 1 aromatic rings. The molecule has 0 radical (unpaired) electrons. The second-order valence-electron chi connectivity index (χ2n) is 5.41. The van der Waals surface area contributed by atoms with Crippen molar-refractivity contribution in [1.29, 1.82) is 0 Å². The zero-order valence-corrected chi connectivity index (χ0v) is 12.1. The third-order valence-electron chi connectivity index (χ3n) is 3.49. The largest absolute Gasteiger partial charge is 0.355 e. The highest BCUT2D eigenvalue weighted by atomic mass is 35.5. The van der Waals surface area contributed by atoms with Gasteiger partial charge < -0.3 is 10.6 Å². The van der Waals surface area contributed by atoms with E-state index in [0.717, 1.165) is 25.2 Å². The van der Waals surface area contributed by atoms with Crippen molar-refractivity contribution in [3.05, 3.63) is 30.1 Å². The van der Waals surface area contributed by atoms with Crippen molar-refractivity contribution in [1.82, 2.24) is 15.6 Å². The van der Waals surface area contributed by atoms with Crippen molar-refractivity contribution < 1.29 is 4.79 Å². The lowest BCUT2D eigenvalue weighted by Crippen LogP contribution is -2.45. The van der Waals surface area contributed by atoms with E-state index in [1.165, 1.54) is 12.8 Å². The Kier molecular flexibility index (Phi) is 6.25. The first-order chi connectivity index (χ1) is 8.68. The molecule has 1 aliphatic heterocycles. The van der Waals surface area contributed by atoms with Crippen molar-refractivity contribution in [2.24, 2.45) is 5.41 Å². The molecule has 4 nitrogen and oxygen atoms in total. The van der Waals surface area contributed by atoms with E-state index < -0.39 is 0 Å². The van der Waals surface area contributed by atoms with Gasteiger partial charge in [0.1, 0.15) is 0 Å². The number of nitrogens with zero attached hydrogens (tertiary/aromatic N) is 1. The lowest BCUT2D eigenvalue weighted by atomic mass is 9.83. The molecular formula is C14H22ClN3O. The van der Waals surface area contributed by atoms with Crippen molar-refractivity contribution >= 4 is 18.3 Å². The van der Waals surface area contributed by atoms with Crippen LogP contribution in [0.2, 0.25) is 0 Å². The first-order valence-electron chi connectivity index (χ1n) is 6.54. The van der Waals surface area contributed by atoms with Crippen LogP contribution in [0, 0.1) is 5.41 Å². The molecule has 2 N–H and O–H groups in total. The number of amides is 1. The van der Waals surface area contributed by atoms with Crippen molar-refractivity contribution in [2.75, 3.05) is 19.6 Å². The van der Waals surface area contributed by atoms with Crippen LogP contribution < -0.4 is 10.6 Å². The molecule has 0 saturated carbocycles. The fourth-order valence-electron chi connectivity index (χ4n) is 2.33. The van der Waals surface area contributed by atoms with E-state index in [1.807, 2.05) is 12.1 Å². The molecule has 2 rings (SSSR count). The molecule has 1 unspecified atom stereocenters. The Morgan fingerprint density at radius 3 is 3.05 bits per heavy atom. The Hall–Kier alpha value is -1.13. The summed E-state index contributed by atoms with van der Waals surface area (Å²) >= 11 is 0. The van der Waals surface area contributed by atoms with Gasteiger partial charge >= 0.3 is 0 Å². The van der Waals surface area contributed by atoms with Gasteiger partial charge in [-0.2, -0.15) is 0 Å². The number of hydrogen-bond donors (Lipinski definition) is 2. The van der Waals surface area contributed by atoms with E-state index in [2.05, 4.69) is 22.5 Å². The topological polar surface area (TPSA) is 54.0 Å². The maximum atomic E-state index is 11.8. The summed E-state index contributed by atoms with van der Waals surface area (Å²) in [5.74, 6) is 0.0785. The van der Waals surface area contributed by atoms with E-state index in [-0.39, 0.29) is 23.7 Å². The SMILES string of the molecule is CC1(CNC(=O)Cc2cccnc2)CCCNC1.Cl. The maximum absolute atomic E-state index is 11.8. The van der Waals surface area contributed by atoms with E-state index in [4.69, 9.17) is 0 Å². The molecule has 0 aliphatic carbocycles. The Labute approximate surface area is 120 Å². The number of nitrogens with one attached hydrogen (secondary N) is 2. The minimum Gasteiger partial charge on any atom is -0.355 e. The monoisotopic (exact) mass is 283 g/mol. The summed E-state index contributed by atoms with van der Waals surface area (Å²) in [6.45, 7) is 5.06. The van der Waals surface area contributed by atoms with Gasteiger partial charge in [0, 0.05) is 25.5 Å². The predicted octanol–water partition coefficient (Wildman–Crippen LogP) is 1.55. The quantitative estimate of drug-likeness (QED) is 0.882. The van der Waals surface area contributed by atoms with Gasteiger partial charge in [-0.25, -0.2) is 0 Å². The van der Waals surface area contributed by atoms with Gasteiger partial charge in [-0.3, -0.25) is 9.78 Å². The summed E-state index contributed by atoms with van der Waals surface area (Å²) in [4.78, 5) is 15.8. The van der Waals surface area contributed by atoms with Gasteiger partial charge in [0.15, 0.2) is 0 Å². The van der Waals surface area contributed by atoms with Gasteiger partial charge in [-0.15, -0.1) is 12.4 Å². The standard InChI is InChI=1S/C14H21N3O.ClH/c1-14(5-3-7-16-10-14)11-17-13(18)8-12-4-2-6-15-9-12;/h2,4,6,9,16H,3,5,7-8,10-11H2,1H3,(H,17,18);1H. The molecule has 19 heavy (non-hydrogen) atoms. The Morgan fingerprint density at radius 1 is 1.58 bits per heavy atom. The summed E-state index contributed by atoms with van der Waals surface area (Å²) in [5.41, 5.74) is 1.16. The highest BCUT2D eigenvalue weighted by Crippen LogP contribution is 2.24. The first kappa shape index (κ1) is 15.9. The minimum atomic E-state index is 0. The predicted molar refractivity (Wildman–Crippen MR) is 78.4 cm³/mol. The Balaban J connectivity index is 0.00000180. The highest BCUT2D eigenvalue weighted by Gasteiger charge is 2.26. The third-order valence-corrected chi connectivity index (χ3v) is 3.49. The summed E-state index contributed by atoms with van der Waals surface area (Å²) < 4.78 is 0. The Bertz CT molecular complexity index is 391. The fraction of sp³-hybridized carbons (Fsp3) is 0.571. The van der Waals surface area contributed by atoms with E-state index >= 15 is 0 Å². The van der Waals surface area contributed by atoms with Crippen LogP contribution in [0.25, 0.3) is 0 Å². The van der Waals surface area contributed by atoms with Gasteiger partial charge in [0.25, 0.3) is 0 Å². The van der Waals surface area contributed by atoms with Gasteiger partial charge in [0.2, 0.25) is 5.91 Å². The second-order valence-corrected chi connectivity index (χ2v) is 5.41. The van der Waals surface area contributed by atoms with Crippen molar-refractivity contribution in [2.45, 2.75) is 26.2 Å². The van der Waals surface area contributed by atoms with Gasteiger partial charge in [0.05, 0.1) is 6.42 Å². The lowest BCUT2D eigenvalue weighted by molar-refractivity contribution is -0.121. The number of hydrogen-bond acceptors (Lipinski definition) is 3. The average molecular weight is 284 g/mol. The molecular weight excluding hydrogens is 262 g/mol. The van der Waals surface area contributed by atoms with Crippen LogP contribution in [0.1, 0.15) is 25.3 Å². The summed E-state index contributed by atoms with van der Waals surface area (Å²) in [6, 6.07) is 3.78. The number of piperidine rings is 1. The van der Waals surface area contributed by atoms with Crippen LogP contribution in [0.5, 0.6) is 0 Å². The van der Waals surface area contributed by atoms with Crippen molar-refractivity contribution in [3.8, 4) is 0 Å². The molecule has 1 aromatic heterocycles. The zero-order chi connectivity index (χ0) is 12.8.